The lowest BCUT2D eigenvalue weighted by atomic mass is 9.55. The monoisotopic (exact) mass is 582 g/mol. The first-order valence-corrected chi connectivity index (χ1v) is 19.4. The SMILES string of the molecule is CCCCN(C1C=CC2[C@@H](C1)C1CCCCC1C21C2C=CC[C@H]2[C@H]2CCCCC21)[C@H]1CC=CCC1N(CC)C1C=CCC1. The van der Waals surface area contributed by atoms with Gasteiger partial charge in [-0.05, 0) is 136 Å². The van der Waals surface area contributed by atoms with Crippen LogP contribution in [0.25, 0.3) is 0 Å². The van der Waals surface area contributed by atoms with Crippen LogP contribution >= 0.6 is 0 Å². The van der Waals surface area contributed by atoms with Gasteiger partial charge in [-0.15, -0.1) is 0 Å². The molecule has 8 aliphatic carbocycles. The molecule has 2 heteroatoms. The molecule has 8 aliphatic rings. The number of rotatable bonds is 8. The maximum atomic E-state index is 3.09. The summed E-state index contributed by atoms with van der Waals surface area (Å²) in [7, 11) is 0. The summed E-state index contributed by atoms with van der Waals surface area (Å²) in [6.45, 7) is 7.30. The molecule has 2 nitrogen and oxygen atoms in total. The Hall–Kier alpha value is -1.12. The van der Waals surface area contributed by atoms with E-state index in [9.17, 15) is 0 Å². The normalized spacial score (nSPS) is 47.9. The quantitative estimate of drug-likeness (QED) is 0.263. The first-order chi connectivity index (χ1) is 21.3. The Morgan fingerprint density at radius 1 is 0.605 bits per heavy atom. The van der Waals surface area contributed by atoms with Crippen LogP contribution in [0, 0.1) is 52.8 Å². The Bertz CT molecular complexity index is 1100. The van der Waals surface area contributed by atoms with Gasteiger partial charge in [0.15, 0.2) is 0 Å². The maximum Gasteiger partial charge on any atom is 0.0295 e. The van der Waals surface area contributed by atoms with Crippen LogP contribution in [-0.4, -0.2) is 47.1 Å². The second-order valence-corrected chi connectivity index (χ2v) is 16.4. The molecule has 0 amide bonds. The smallest absolute Gasteiger partial charge is 0.0295 e. The third kappa shape index (κ3) is 4.60. The van der Waals surface area contributed by atoms with Gasteiger partial charge < -0.3 is 0 Å². The maximum absolute atomic E-state index is 3.09. The molecular formula is C41H62N2. The molecule has 0 heterocycles. The van der Waals surface area contributed by atoms with Crippen molar-refractivity contribution in [1.82, 2.24) is 9.80 Å². The van der Waals surface area contributed by atoms with E-state index in [1.54, 1.807) is 19.3 Å². The molecule has 0 aromatic carbocycles. The van der Waals surface area contributed by atoms with Crippen LogP contribution in [0.4, 0.5) is 0 Å². The first-order valence-electron chi connectivity index (χ1n) is 19.4. The minimum absolute atomic E-state index is 0.595. The Morgan fingerprint density at radius 2 is 1.30 bits per heavy atom. The largest absolute Gasteiger partial charge is 0.292 e. The van der Waals surface area contributed by atoms with Crippen molar-refractivity contribution in [2.45, 2.75) is 141 Å². The average molecular weight is 583 g/mol. The van der Waals surface area contributed by atoms with Gasteiger partial charge in [-0.25, -0.2) is 0 Å². The lowest BCUT2D eigenvalue weighted by molar-refractivity contribution is 0.00511. The van der Waals surface area contributed by atoms with Crippen LogP contribution in [0.1, 0.15) is 117 Å². The fourth-order valence-electron chi connectivity index (χ4n) is 13.9. The summed E-state index contributed by atoms with van der Waals surface area (Å²) in [4.78, 5) is 5.99. The number of allylic oxidation sites excluding steroid dienone is 4. The van der Waals surface area contributed by atoms with Crippen molar-refractivity contribution in [3.05, 3.63) is 48.6 Å². The Kier molecular flexibility index (Phi) is 8.34. The van der Waals surface area contributed by atoms with Crippen LogP contribution in [0.5, 0.6) is 0 Å². The molecule has 0 bridgehead atoms. The molecule has 8 rings (SSSR count). The molecule has 4 saturated carbocycles. The van der Waals surface area contributed by atoms with Crippen molar-refractivity contribution in [1.29, 1.82) is 0 Å². The number of likely N-dealkylation sites (N-methyl/N-ethyl adjacent to an activating group) is 1. The molecule has 0 N–H and O–H groups in total. The topological polar surface area (TPSA) is 6.48 Å². The van der Waals surface area contributed by atoms with E-state index >= 15 is 0 Å². The zero-order valence-electron chi connectivity index (χ0n) is 27.7. The molecule has 0 aliphatic heterocycles. The van der Waals surface area contributed by atoms with E-state index in [-0.39, 0.29) is 0 Å². The predicted octanol–water partition coefficient (Wildman–Crippen LogP) is 9.60. The standard InChI is InChI=1S/C41H62N2/c1-3-5-27-43(40-24-13-12-23-39(40)42(4-2)29-15-6-7-16-29)30-25-26-38-34(28-30)33-18-9-11-21-36(33)41(38)35-20-10-8-17-31(35)32-19-14-22-37(32)41/h6,12-15,22,25-26,29-40H,3-5,7-11,16-21,23-24,27-28H2,1-2H3/t29?,30?,31-,32+,33?,34+,35?,36?,37?,38?,39?,40+,41?/m1/s1. The Balaban J connectivity index is 1.14. The summed E-state index contributed by atoms with van der Waals surface area (Å²) in [5, 5.41) is 0. The number of hydrogen-bond acceptors (Lipinski definition) is 2. The summed E-state index contributed by atoms with van der Waals surface area (Å²) >= 11 is 0. The minimum Gasteiger partial charge on any atom is -0.292 e. The van der Waals surface area contributed by atoms with E-state index in [0.29, 0.717) is 29.6 Å². The molecule has 0 aromatic heterocycles. The molecule has 13 atom stereocenters. The Labute approximate surface area is 264 Å². The molecule has 0 saturated heterocycles. The van der Waals surface area contributed by atoms with Gasteiger partial charge in [0.2, 0.25) is 0 Å². The molecule has 9 unspecified atom stereocenters. The second-order valence-electron chi connectivity index (χ2n) is 16.4. The van der Waals surface area contributed by atoms with Gasteiger partial charge >= 0.3 is 0 Å². The number of nitrogens with zero attached hydrogens (tertiary/aromatic N) is 2. The van der Waals surface area contributed by atoms with Crippen LogP contribution in [0.3, 0.4) is 0 Å². The average Bonchev–Trinajstić information content (AvgIpc) is 3.85. The van der Waals surface area contributed by atoms with Gasteiger partial charge in [0.1, 0.15) is 0 Å². The van der Waals surface area contributed by atoms with Crippen LogP contribution in [-0.2, 0) is 0 Å². The van der Waals surface area contributed by atoms with E-state index in [4.69, 9.17) is 0 Å². The fraction of sp³-hybridized carbons (Fsp3) is 0.805. The summed E-state index contributed by atoms with van der Waals surface area (Å²) < 4.78 is 0. The van der Waals surface area contributed by atoms with E-state index < -0.39 is 0 Å². The summed E-state index contributed by atoms with van der Waals surface area (Å²) in [5.41, 5.74) is 0.595. The van der Waals surface area contributed by atoms with E-state index in [0.717, 1.165) is 47.3 Å². The lowest BCUT2D eigenvalue weighted by Gasteiger charge is -2.51. The van der Waals surface area contributed by atoms with Crippen LogP contribution < -0.4 is 0 Å². The van der Waals surface area contributed by atoms with Gasteiger partial charge in [-0.3, -0.25) is 9.80 Å². The first kappa shape index (κ1) is 29.3. The highest BCUT2D eigenvalue weighted by Gasteiger charge is 2.71. The molecule has 43 heavy (non-hydrogen) atoms. The Morgan fingerprint density at radius 3 is 2.00 bits per heavy atom. The summed E-state index contributed by atoms with van der Waals surface area (Å²) in [6, 6.07) is 2.61. The number of unbranched alkanes of at least 4 members (excludes halogenated alkanes) is 1. The highest BCUT2D eigenvalue weighted by molar-refractivity contribution is 5.29. The van der Waals surface area contributed by atoms with Gasteiger partial charge in [0, 0.05) is 24.2 Å². The molecule has 236 valence electrons. The van der Waals surface area contributed by atoms with Gasteiger partial charge in [0.25, 0.3) is 0 Å². The van der Waals surface area contributed by atoms with Crippen LogP contribution in [0.2, 0.25) is 0 Å². The fourth-order valence-corrected chi connectivity index (χ4v) is 13.9. The van der Waals surface area contributed by atoms with Gasteiger partial charge in [-0.1, -0.05) is 94.6 Å². The third-order valence-corrected chi connectivity index (χ3v) is 15.1. The molecular weight excluding hydrogens is 520 g/mol. The van der Waals surface area contributed by atoms with Crippen molar-refractivity contribution in [2.75, 3.05) is 13.1 Å². The van der Waals surface area contributed by atoms with Crippen molar-refractivity contribution in [3.8, 4) is 0 Å². The number of fused-ring (bicyclic) bond motifs is 10. The minimum atomic E-state index is 0.595. The van der Waals surface area contributed by atoms with Gasteiger partial charge in [-0.2, -0.15) is 0 Å². The van der Waals surface area contributed by atoms with Crippen molar-refractivity contribution in [3.63, 3.8) is 0 Å². The number of hydrogen-bond donors (Lipinski definition) is 0. The summed E-state index contributed by atoms with van der Waals surface area (Å²) in [6.07, 6.45) is 44.1. The third-order valence-electron chi connectivity index (χ3n) is 15.1. The van der Waals surface area contributed by atoms with E-state index in [1.807, 2.05) is 0 Å². The second kappa shape index (κ2) is 12.2. The van der Waals surface area contributed by atoms with Crippen molar-refractivity contribution < 1.29 is 0 Å². The molecule has 0 radical (unpaired) electrons. The molecule has 0 aromatic rings. The highest BCUT2D eigenvalue weighted by Crippen LogP contribution is 2.76. The van der Waals surface area contributed by atoms with Gasteiger partial charge in [0.05, 0.1) is 0 Å². The van der Waals surface area contributed by atoms with E-state index in [2.05, 4.69) is 72.3 Å². The zero-order valence-corrected chi connectivity index (χ0v) is 27.7. The van der Waals surface area contributed by atoms with E-state index in [1.165, 1.54) is 96.6 Å². The lowest BCUT2D eigenvalue weighted by Crippen LogP contribution is -2.58. The highest BCUT2D eigenvalue weighted by atomic mass is 15.3. The summed E-state index contributed by atoms with van der Waals surface area (Å²) in [5.74, 6) is 7.70. The molecule has 4 fully saturated rings. The van der Waals surface area contributed by atoms with Crippen LogP contribution in [0.15, 0.2) is 48.6 Å². The zero-order chi connectivity index (χ0) is 29.0. The molecule has 1 spiro atoms. The predicted molar refractivity (Wildman–Crippen MR) is 181 cm³/mol. The van der Waals surface area contributed by atoms with Crippen molar-refractivity contribution >= 4 is 0 Å². The van der Waals surface area contributed by atoms with Crippen molar-refractivity contribution in [2.24, 2.45) is 52.8 Å².